The van der Waals surface area contributed by atoms with Gasteiger partial charge in [0.05, 0.1) is 20.8 Å². The first-order valence-electron chi connectivity index (χ1n) is 5.22. The van der Waals surface area contributed by atoms with Crippen molar-refractivity contribution < 1.29 is 9.68 Å². The molecule has 3 heteroatoms. The van der Waals surface area contributed by atoms with E-state index < -0.39 is 0 Å². The van der Waals surface area contributed by atoms with E-state index in [1.807, 2.05) is 0 Å². The summed E-state index contributed by atoms with van der Waals surface area (Å²) in [6.45, 7) is 0.887. The molecular weight excluding hydrogens is 166 g/mol. The topological polar surface area (TPSA) is 21.7 Å². The second kappa shape index (κ2) is 6.35. The molecule has 1 aliphatic rings. The Morgan fingerprint density at radius 3 is 2.23 bits per heavy atom. The molecule has 78 valence electrons. The molecule has 0 spiro atoms. The summed E-state index contributed by atoms with van der Waals surface area (Å²) >= 11 is 0. The van der Waals surface area contributed by atoms with Crippen LogP contribution in [0.3, 0.4) is 0 Å². The van der Waals surface area contributed by atoms with Crippen molar-refractivity contribution in [3.8, 4) is 0 Å². The first kappa shape index (κ1) is 11.0. The van der Waals surface area contributed by atoms with E-state index >= 15 is 0 Å². The number of rotatable bonds is 5. The van der Waals surface area contributed by atoms with Crippen LogP contribution in [-0.4, -0.2) is 26.0 Å². The molecule has 1 fully saturated rings. The predicted octanol–water partition coefficient (Wildman–Crippen LogP) is 2.38. The largest absolute Gasteiger partial charge is 0.278 e. The van der Waals surface area contributed by atoms with E-state index in [1.165, 1.54) is 38.5 Å². The molecule has 1 saturated carbocycles. The smallest absolute Gasteiger partial charge is 0.0601 e. The van der Waals surface area contributed by atoms with Crippen LogP contribution in [-0.2, 0) is 9.68 Å². The van der Waals surface area contributed by atoms with Crippen LogP contribution in [0.2, 0.25) is 0 Å². The highest BCUT2D eigenvalue weighted by molar-refractivity contribution is 4.65. The lowest BCUT2D eigenvalue weighted by atomic mass is 9.87. The van der Waals surface area contributed by atoms with Crippen LogP contribution in [0.1, 0.15) is 38.5 Å². The Balaban J connectivity index is 2.09. The van der Waals surface area contributed by atoms with Gasteiger partial charge in [-0.3, -0.25) is 9.68 Å². The van der Waals surface area contributed by atoms with Gasteiger partial charge in [-0.25, -0.2) is 0 Å². The van der Waals surface area contributed by atoms with Crippen LogP contribution in [0.4, 0.5) is 0 Å². The van der Waals surface area contributed by atoms with Crippen molar-refractivity contribution in [3.63, 3.8) is 0 Å². The molecule has 1 aliphatic carbocycles. The predicted molar refractivity (Wildman–Crippen MR) is 51.9 cm³/mol. The second-order valence-corrected chi connectivity index (χ2v) is 3.71. The minimum absolute atomic E-state index is 0.887. The van der Waals surface area contributed by atoms with Crippen molar-refractivity contribution in [2.45, 2.75) is 38.5 Å². The maximum absolute atomic E-state index is 5.00. The van der Waals surface area contributed by atoms with Gasteiger partial charge in [-0.15, -0.1) is 0 Å². The van der Waals surface area contributed by atoms with Crippen LogP contribution in [0.25, 0.3) is 0 Å². The van der Waals surface area contributed by atoms with Gasteiger partial charge in [0.25, 0.3) is 0 Å². The van der Waals surface area contributed by atoms with Crippen LogP contribution in [0, 0.1) is 5.92 Å². The van der Waals surface area contributed by atoms with Gasteiger partial charge in [0, 0.05) is 0 Å². The quantitative estimate of drug-likeness (QED) is 0.617. The highest BCUT2D eigenvalue weighted by Crippen LogP contribution is 2.26. The zero-order valence-corrected chi connectivity index (χ0v) is 8.79. The number of hydrogen-bond acceptors (Lipinski definition) is 3. The van der Waals surface area contributed by atoms with E-state index in [0.29, 0.717) is 0 Å². The molecule has 0 heterocycles. The van der Waals surface area contributed by atoms with Gasteiger partial charge in [-0.2, -0.15) is 0 Å². The Bertz CT molecular complexity index is 120. The van der Waals surface area contributed by atoms with E-state index in [4.69, 9.17) is 9.68 Å². The molecule has 0 bridgehead atoms. The second-order valence-electron chi connectivity index (χ2n) is 3.71. The lowest BCUT2D eigenvalue weighted by Gasteiger charge is -2.23. The van der Waals surface area contributed by atoms with Crippen LogP contribution in [0.5, 0.6) is 0 Å². The molecule has 0 aromatic heterocycles. The average molecular weight is 187 g/mol. The van der Waals surface area contributed by atoms with Gasteiger partial charge in [-0.1, -0.05) is 37.3 Å². The highest BCUT2D eigenvalue weighted by atomic mass is 16.9. The van der Waals surface area contributed by atoms with Crippen molar-refractivity contribution >= 4 is 0 Å². The Morgan fingerprint density at radius 1 is 1.08 bits per heavy atom. The monoisotopic (exact) mass is 187 g/mol. The van der Waals surface area contributed by atoms with E-state index in [9.17, 15) is 0 Å². The summed E-state index contributed by atoms with van der Waals surface area (Å²) in [5.74, 6) is 0.890. The number of nitrogens with zero attached hydrogens (tertiary/aromatic N) is 1. The maximum Gasteiger partial charge on any atom is 0.0601 e. The molecule has 13 heavy (non-hydrogen) atoms. The standard InChI is InChI=1S/C10H21NO2/c1-12-11(13-2)9-8-10-6-4-3-5-7-10/h10H,3-9H2,1-2H3. The summed E-state index contributed by atoms with van der Waals surface area (Å²) in [6, 6.07) is 0. The molecule has 1 rings (SSSR count). The summed E-state index contributed by atoms with van der Waals surface area (Å²) in [5, 5.41) is 1.55. The molecule has 0 atom stereocenters. The van der Waals surface area contributed by atoms with E-state index in [2.05, 4.69) is 0 Å². The maximum atomic E-state index is 5.00. The summed E-state index contributed by atoms with van der Waals surface area (Å²) in [7, 11) is 3.29. The van der Waals surface area contributed by atoms with Gasteiger partial charge in [0.15, 0.2) is 0 Å². The molecule has 0 N–H and O–H groups in total. The van der Waals surface area contributed by atoms with Crippen molar-refractivity contribution in [1.82, 2.24) is 5.23 Å². The summed E-state index contributed by atoms with van der Waals surface area (Å²) < 4.78 is 0. The fourth-order valence-corrected chi connectivity index (χ4v) is 2.02. The zero-order chi connectivity index (χ0) is 9.52. The normalized spacial score (nSPS) is 19.6. The fourth-order valence-electron chi connectivity index (χ4n) is 2.02. The zero-order valence-electron chi connectivity index (χ0n) is 8.79. The summed E-state index contributed by atoms with van der Waals surface area (Å²) in [4.78, 5) is 10.0. The van der Waals surface area contributed by atoms with Crippen molar-refractivity contribution in [2.24, 2.45) is 5.92 Å². The summed E-state index contributed by atoms with van der Waals surface area (Å²) in [5.41, 5.74) is 0. The summed E-state index contributed by atoms with van der Waals surface area (Å²) in [6.07, 6.45) is 8.22. The minimum atomic E-state index is 0.887. The Labute approximate surface area is 80.9 Å². The molecule has 0 radical (unpaired) electrons. The van der Waals surface area contributed by atoms with E-state index in [1.54, 1.807) is 19.4 Å². The van der Waals surface area contributed by atoms with Gasteiger partial charge in [0.2, 0.25) is 0 Å². The van der Waals surface area contributed by atoms with Crippen molar-refractivity contribution in [1.29, 1.82) is 0 Å². The van der Waals surface area contributed by atoms with Gasteiger partial charge in [0.1, 0.15) is 0 Å². The lowest BCUT2D eigenvalue weighted by molar-refractivity contribution is -0.343. The Kier molecular flexibility index (Phi) is 5.35. The van der Waals surface area contributed by atoms with E-state index in [-0.39, 0.29) is 0 Å². The van der Waals surface area contributed by atoms with Gasteiger partial charge >= 0.3 is 0 Å². The molecule has 0 aromatic carbocycles. The molecule has 0 saturated heterocycles. The number of hydroxylamine groups is 2. The van der Waals surface area contributed by atoms with E-state index in [0.717, 1.165) is 12.5 Å². The minimum Gasteiger partial charge on any atom is -0.278 e. The Hall–Kier alpha value is -0.120. The van der Waals surface area contributed by atoms with Gasteiger partial charge in [-0.05, 0) is 12.3 Å². The van der Waals surface area contributed by atoms with Crippen molar-refractivity contribution in [3.05, 3.63) is 0 Å². The third kappa shape index (κ3) is 4.07. The number of hydrogen-bond donors (Lipinski definition) is 0. The van der Waals surface area contributed by atoms with Crippen LogP contribution >= 0.6 is 0 Å². The Morgan fingerprint density at radius 2 is 1.69 bits per heavy atom. The van der Waals surface area contributed by atoms with Crippen molar-refractivity contribution in [2.75, 3.05) is 20.8 Å². The SMILES string of the molecule is CON(CCC1CCCCC1)OC. The molecule has 0 aliphatic heterocycles. The first-order chi connectivity index (χ1) is 6.36. The molecule has 3 nitrogen and oxygen atoms in total. The van der Waals surface area contributed by atoms with Gasteiger partial charge < -0.3 is 0 Å². The molecule has 0 amide bonds. The molecular formula is C10H21NO2. The third-order valence-corrected chi connectivity index (χ3v) is 2.85. The third-order valence-electron chi connectivity index (χ3n) is 2.85. The lowest BCUT2D eigenvalue weighted by Crippen LogP contribution is -2.24. The van der Waals surface area contributed by atoms with Crippen LogP contribution in [0.15, 0.2) is 0 Å². The fraction of sp³-hybridized carbons (Fsp3) is 1.00. The average Bonchev–Trinajstić information content (AvgIpc) is 2.21. The highest BCUT2D eigenvalue weighted by Gasteiger charge is 2.14. The molecule has 0 aromatic rings. The van der Waals surface area contributed by atoms with Crippen LogP contribution < -0.4 is 0 Å². The molecule has 0 unspecified atom stereocenters. The first-order valence-corrected chi connectivity index (χ1v) is 5.22.